The van der Waals surface area contributed by atoms with Crippen molar-refractivity contribution in [1.82, 2.24) is 5.32 Å². The first-order valence-corrected chi connectivity index (χ1v) is 5.45. The van der Waals surface area contributed by atoms with Crippen molar-refractivity contribution < 1.29 is 0 Å². The van der Waals surface area contributed by atoms with Crippen LogP contribution in [0.1, 0.15) is 18.9 Å². The Hall–Kier alpha value is -1.02. The van der Waals surface area contributed by atoms with Gasteiger partial charge in [-0.25, -0.2) is 0 Å². The van der Waals surface area contributed by atoms with Crippen LogP contribution in [0.25, 0.3) is 0 Å². The van der Waals surface area contributed by atoms with Crippen LogP contribution in [0.15, 0.2) is 24.3 Å². The van der Waals surface area contributed by atoms with E-state index in [-0.39, 0.29) is 0 Å². The predicted molar refractivity (Wildman–Crippen MR) is 60.7 cm³/mol. The first-order valence-electron chi connectivity index (χ1n) is 5.45. The Labute approximate surface area is 85.7 Å². The summed E-state index contributed by atoms with van der Waals surface area (Å²) >= 11 is 0. The molecule has 1 aliphatic rings. The minimum Gasteiger partial charge on any atom is -0.380 e. The molecule has 2 N–H and O–H groups in total. The molecule has 1 heterocycles. The number of hydrogen-bond donors (Lipinski definition) is 2. The molecule has 14 heavy (non-hydrogen) atoms. The Kier molecular flexibility index (Phi) is 3.04. The van der Waals surface area contributed by atoms with E-state index < -0.39 is 0 Å². The van der Waals surface area contributed by atoms with E-state index in [9.17, 15) is 0 Å². The van der Waals surface area contributed by atoms with Crippen LogP contribution in [0, 0.1) is 0 Å². The zero-order valence-electron chi connectivity index (χ0n) is 8.72. The van der Waals surface area contributed by atoms with Crippen molar-refractivity contribution in [1.29, 1.82) is 0 Å². The molecular formula is C12H18N2. The van der Waals surface area contributed by atoms with Crippen LogP contribution >= 0.6 is 0 Å². The van der Waals surface area contributed by atoms with Gasteiger partial charge in [0.25, 0.3) is 0 Å². The summed E-state index contributed by atoms with van der Waals surface area (Å²) in [5.74, 6) is 0. The lowest BCUT2D eigenvalue weighted by Gasteiger charge is -2.29. The molecule has 1 saturated heterocycles. The van der Waals surface area contributed by atoms with Crippen LogP contribution in [-0.2, 0) is 6.42 Å². The van der Waals surface area contributed by atoms with Gasteiger partial charge in [-0.3, -0.25) is 0 Å². The van der Waals surface area contributed by atoms with E-state index in [1.807, 2.05) is 0 Å². The topological polar surface area (TPSA) is 24.1 Å². The first kappa shape index (κ1) is 9.53. The van der Waals surface area contributed by atoms with Gasteiger partial charge in [0, 0.05) is 18.8 Å². The lowest BCUT2D eigenvalue weighted by molar-refractivity contribution is 0.472. The summed E-state index contributed by atoms with van der Waals surface area (Å²) < 4.78 is 0. The quantitative estimate of drug-likeness (QED) is 0.759. The zero-order chi connectivity index (χ0) is 9.80. The maximum absolute atomic E-state index is 3.57. The number of benzene rings is 1. The van der Waals surface area contributed by atoms with Crippen LogP contribution in [0.4, 0.5) is 5.69 Å². The average Bonchev–Trinajstić information content (AvgIpc) is 2.14. The van der Waals surface area contributed by atoms with E-state index in [0.717, 1.165) is 13.1 Å². The predicted octanol–water partition coefficient (Wildman–Crippen LogP) is 2.02. The maximum atomic E-state index is 3.57. The standard InChI is InChI=1S/C12H18N2/c1-2-5-10-6-3-4-7-12(10)14-11-8-13-9-11/h3-4,6-7,11,13-14H,2,5,8-9H2,1H3. The van der Waals surface area contributed by atoms with E-state index in [4.69, 9.17) is 0 Å². The normalized spacial score (nSPS) is 16.4. The van der Waals surface area contributed by atoms with Crippen molar-refractivity contribution >= 4 is 5.69 Å². The molecule has 76 valence electrons. The van der Waals surface area contributed by atoms with Gasteiger partial charge in [0.1, 0.15) is 0 Å². The molecule has 1 aromatic rings. The minimum absolute atomic E-state index is 0.632. The van der Waals surface area contributed by atoms with E-state index >= 15 is 0 Å². The Morgan fingerprint density at radius 1 is 1.36 bits per heavy atom. The van der Waals surface area contributed by atoms with Crippen LogP contribution in [0.5, 0.6) is 0 Å². The third kappa shape index (κ3) is 2.07. The second-order valence-electron chi connectivity index (χ2n) is 3.91. The molecule has 2 heteroatoms. The van der Waals surface area contributed by atoms with Gasteiger partial charge >= 0.3 is 0 Å². The first-order chi connectivity index (χ1) is 6.90. The monoisotopic (exact) mass is 190 g/mol. The summed E-state index contributed by atoms with van der Waals surface area (Å²) in [6.07, 6.45) is 2.38. The van der Waals surface area contributed by atoms with Gasteiger partial charge in [-0.05, 0) is 18.1 Å². The average molecular weight is 190 g/mol. The minimum atomic E-state index is 0.632. The third-order valence-corrected chi connectivity index (χ3v) is 2.68. The highest BCUT2D eigenvalue weighted by Gasteiger charge is 2.16. The Morgan fingerprint density at radius 3 is 2.79 bits per heavy atom. The van der Waals surface area contributed by atoms with Gasteiger partial charge in [0.05, 0.1) is 6.04 Å². The fraction of sp³-hybridized carbons (Fsp3) is 0.500. The van der Waals surface area contributed by atoms with Gasteiger partial charge in [-0.1, -0.05) is 31.5 Å². The second-order valence-corrected chi connectivity index (χ2v) is 3.91. The third-order valence-electron chi connectivity index (χ3n) is 2.68. The van der Waals surface area contributed by atoms with Crippen molar-refractivity contribution in [3.05, 3.63) is 29.8 Å². The van der Waals surface area contributed by atoms with Crippen molar-refractivity contribution in [2.45, 2.75) is 25.8 Å². The molecule has 0 aromatic heterocycles. The van der Waals surface area contributed by atoms with E-state index in [2.05, 4.69) is 41.8 Å². The van der Waals surface area contributed by atoms with Gasteiger partial charge in [0.2, 0.25) is 0 Å². The Bertz CT molecular complexity index is 292. The molecule has 1 fully saturated rings. The molecule has 0 saturated carbocycles. The van der Waals surface area contributed by atoms with Gasteiger partial charge in [0.15, 0.2) is 0 Å². The molecular weight excluding hydrogens is 172 g/mol. The molecule has 0 bridgehead atoms. The molecule has 0 radical (unpaired) electrons. The van der Waals surface area contributed by atoms with Crippen molar-refractivity contribution in [3.63, 3.8) is 0 Å². The highest BCUT2D eigenvalue weighted by atomic mass is 15.1. The number of hydrogen-bond acceptors (Lipinski definition) is 2. The fourth-order valence-electron chi connectivity index (χ4n) is 1.76. The molecule has 1 aromatic carbocycles. The Morgan fingerprint density at radius 2 is 2.14 bits per heavy atom. The van der Waals surface area contributed by atoms with E-state index in [0.29, 0.717) is 6.04 Å². The summed E-state index contributed by atoms with van der Waals surface area (Å²) in [5.41, 5.74) is 2.77. The molecule has 1 aliphatic heterocycles. The number of anilines is 1. The summed E-state index contributed by atoms with van der Waals surface area (Å²) in [6.45, 7) is 4.42. The van der Waals surface area contributed by atoms with Crippen LogP contribution in [-0.4, -0.2) is 19.1 Å². The molecule has 0 aliphatic carbocycles. The van der Waals surface area contributed by atoms with Crippen LogP contribution < -0.4 is 10.6 Å². The smallest absolute Gasteiger partial charge is 0.0510 e. The Balaban J connectivity index is 2.05. The van der Waals surface area contributed by atoms with E-state index in [1.54, 1.807) is 0 Å². The lowest BCUT2D eigenvalue weighted by Crippen LogP contribution is -2.51. The number of nitrogens with one attached hydrogen (secondary N) is 2. The van der Waals surface area contributed by atoms with Gasteiger partial charge in [-0.2, -0.15) is 0 Å². The SMILES string of the molecule is CCCc1ccccc1NC1CNC1. The maximum Gasteiger partial charge on any atom is 0.0510 e. The number of aryl methyl sites for hydroxylation is 1. The van der Waals surface area contributed by atoms with Crippen LogP contribution in [0.2, 0.25) is 0 Å². The molecule has 2 rings (SSSR count). The molecule has 0 atom stereocenters. The fourth-order valence-corrected chi connectivity index (χ4v) is 1.76. The number of rotatable bonds is 4. The summed E-state index contributed by atoms with van der Waals surface area (Å²) in [5, 5.41) is 6.84. The molecule has 0 spiro atoms. The lowest BCUT2D eigenvalue weighted by atomic mass is 10.1. The van der Waals surface area contributed by atoms with E-state index in [1.165, 1.54) is 24.1 Å². The van der Waals surface area contributed by atoms with Gasteiger partial charge < -0.3 is 10.6 Å². The molecule has 0 unspecified atom stereocenters. The van der Waals surface area contributed by atoms with Crippen molar-refractivity contribution in [2.24, 2.45) is 0 Å². The second kappa shape index (κ2) is 4.47. The summed E-state index contributed by atoms with van der Waals surface area (Å²) in [7, 11) is 0. The van der Waals surface area contributed by atoms with Crippen LogP contribution in [0.3, 0.4) is 0 Å². The van der Waals surface area contributed by atoms with Crippen molar-refractivity contribution in [2.75, 3.05) is 18.4 Å². The number of para-hydroxylation sites is 1. The summed E-state index contributed by atoms with van der Waals surface area (Å²) in [4.78, 5) is 0. The zero-order valence-corrected chi connectivity index (χ0v) is 8.72. The largest absolute Gasteiger partial charge is 0.380 e. The van der Waals surface area contributed by atoms with Gasteiger partial charge in [-0.15, -0.1) is 0 Å². The summed E-state index contributed by atoms with van der Waals surface area (Å²) in [6, 6.07) is 9.26. The highest BCUT2D eigenvalue weighted by molar-refractivity contribution is 5.52. The molecule has 0 amide bonds. The van der Waals surface area contributed by atoms with Crippen molar-refractivity contribution in [3.8, 4) is 0 Å². The highest BCUT2D eigenvalue weighted by Crippen LogP contribution is 2.18. The molecule has 2 nitrogen and oxygen atoms in total.